The summed E-state index contributed by atoms with van der Waals surface area (Å²) in [6, 6.07) is 13.9. The maximum atomic E-state index is 5.29. The number of benzene rings is 2. The van der Waals surface area contributed by atoms with Crippen LogP contribution in [0, 0.1) is 6.92 Å². The average Bonchev–Trinajstić information content (AvgIpc) is 3.03. The van der Waals surface area contributed by atoms with E-state index < -0.39 is 0 Å². The maximum Gasteiger partial charge on any atom is 0.120 e. The van der Waals surface area contributed by atoms with Crippen molar-refractivity contribution in [3.8, 4) is 5.75 Å². The van der Waals surface area contributed by atoms with Gasteiger partial charge < -0.3 is 10.1 Å². The molecule has 2 N–H and O–H groups in total. The standard InChI is InChI=1S/C18H16N4O/c1-11-8-17(21-12-4-3-5-13(9-12)23-2)18-14-10-19-22-15(14)6-7-16(18)20-11/h3-10H,1-2H3,(H,19,22)(H,20,21). The molecule has 0 amide bonds. The van der Waals surface area contributed by atoms with E-state index in [1.165, 1.54) is 0 Å². The molecule has 0 saturated heterocycles. The van der Waals surface area contributed by atoms with Crippen LogP contribution in [0.25, 0.3) is 21.8 Å². The van der Waals surface area contributed by atoms with Crippen molar-refractivity contribution in [2.45, 2.75) is 6.92 Å². The van der Waals surface area contributed by atoms with Gasteiger partial charge in [-0.3, -0.25) is 10.1 Å². The first kappa shape index (κ1) is 13.6. The normalized spacial score (nSPS) is 11.0. The minimum Gasteiger partial charge on any atom is -0.497 e. The predicted octanol–water partition coefficient (Wildman–Crippen LogP) is 4.17. The number of hydrogen-bond acceptors (Lipinski definition) is 4. The Kier molecular flexibility index (Phi) is 3.12. The van der Waals surface area contributed by atoms with Gasteiger partial charge in [-0.25, -0.2) is 0 Å². The van der Waals surface area contributed by atoms with E-state index in [9.17, 15) is 0 Å². The van der Waals surface area contributed by atoms with Crippen molar-refractivity contribution < 1.29 is 4.74 Å². The predicted molar refractivity (Wildman–Crippen MR) is 92.4 cm³/mol. The quantitative estimate of drug-likeness (QED) is 0.596. The van der Waals surface area contributed by atoms with Gasteiger partial charge in [0.15, 0.2) is 0 Å². The molecule has 0 bridgehead atoms. The molecule has 4 aromatic rings. The number of aryl methyl sites for hydroxylation is 1. The van der Waals surface area contributed by atoms with Crippen LogP contribution in [0.15, 0.2) is 48.7 Å². The molecule has 0 aliphatic carbocycles. The summed E-state index contributed by atoms with van der Waals surface area (Å²) >= 11 is 0. The highest BCUT2D eigenvalue weighted by molar-refractivity contribution is 6.11. The number of nitrogens with one attached hydrogen (secondary N) is 2. The van der Waals surface area contributed by atoms with E-state index in [0.717, 1.165) is 44.6 Å². The molecule has 0 aliphatic heterocycles. The Morgan fingerprint density at radius 3 is 2.91 bits per heavy atom. The zero-order valence-corrected chi connectivity index (χ0v) is 12.9. The maximum absolute atomic E-state index is 5.29. The van der Waals surface area contributed by atoms with Gasteiger partial charge in [0, 0.05) is 28.2 Å². The van der Waals surface area contributed by atoms with Crippen molar-refractivity contribution >= 4 is 33.2 Å². The number of rotatable bonds is 3. The Bertz CT molecular complexity index is 1010. The zero-order valence-electron chi connectivity index (χ0n) is 12.9. The third-order valence-electron chi connectivity index (χ3n) is 3.87. The molecule has 2 aromatic carbocycles. The van der Waals surface area contributed by atoms with Crippen molar-refractivity contribution in [3.63, 3.8) is 0 Å². The minimum absolute atomic E-state index is 0.818. The van der Waals surface area contributed by atoms with Crippen LogP contribution in [-0.4, -0.2) is 22.3 Å². The lowest BCUT2D eigenvalue weighted by Gasteiger charge is -2.12. The fourth-order valence-electron chi connectivity index (χ4n) is 2.84. The van der Waals surface area contributed by atoms with E-state index in [0.29, 0.717) is 0 Å². The summed E-state index contributed by atoms with van der Waals surface area (Å²) in [5, 5.41) is 12.8. The van der Waals surface area contributed by atoms with Crippen LogP contribution in [-0.2, 0) is 0 Å². The third-order valence-corrected chi connectivity index (χ3v) is 3.87. The van der Waals surface area contributed by atoms with Crippen molar-refractivity contribution in [1.82, 2.24) is 15.2 Å². The number of hydrogen-bond donors (Lipinski definition) is 2. The summed E-state index contributed by atoms with van der Waals surface area (Å²) in [7, 11) is 1.67. The first-order valence-electron chi connectivity index (χ1n) is 7.39. The molecule has 4 rings (SSSR count). The first-order chi connectivity index (χ1) is 11.2. The van der Waals surface area contributed by atoms with Gasteiger partial charge in [0.2, 0.25) is 0 Å². The van der Waals surface area contributed by atoms with Gasteiger partial charge in [-0.05, 0) is 37.3 Å². The van der Waals surface area contributed by atoms with Crippen molar-refractivity contribution in [2.75, 3.05) is 12.4 Å². The van der Waals surface area contributed by atoms with E-state index in [1.54, 1.807) is 7.11 Å². The van der Waals surface area contributed by atoms with Crippen LogP contribution in [0.1, 0.15) is 5.69 Å². The highest BCUT2D eigenvalue weighted by Crippen LogP contribution is 2.32. The van der Waals surface area contributed by atoms with Crippen LogP contribution in [0.3, 0.4) is 0 Å². The van der Waals surface area contributed by atoms with E-state index in [1.807, 2.05) is 55.6 Å². The number of anilines is 2. The average molecular weight is 304 g/mol. The van der Waals surface area contributed by atoms with Crippen LogP contribution < -0.4 is 10.1 Å². The second-order valence-corrected chi connectivity index (χ2v) is 5.46. The Morgan fingerprint density at radius 2 is 2.04 bits per heavy atom. The van der Waals surface area contributed by atoms with Gasteiger partial charge in [-0.15, -0.1) is 0 Å². The van der Waals surface area contributed by atoms with Gasteiger partial charge >= 0.3 is 0 Å². The van der Waals surface area contributed by atoms with Crippen molar-refractivity contribution in [1.29, 1.82) is 0 Å². The molecular weight excluding hydrogens is 288 g/mol. The molecule has 0 saturated carbocycles. The van der Waals surface area contributed by atoms with Gasteiger partial charge in [0.05, 0.1) is 30.0 Å². The van der Waals surface area contributed by atoms with E-state index in [4.69, 9.17) is 4.74 Å². The molecule has 0 spiro atoms. The summed E-state index contributed by atoms with van der Waals surface area (Å²) in [6.07, 6.45) is 1.84. The summed E-state index contributed by atoms with van der Waals surface area (Å²) < 4.78 is 5.29. The van der Waals surface area contributed by atoms with Crippen LogP contribution in [0.4, 0.5) is 11.4 Å². The number of pyridine rings is 1. The fraction of sp³-hybridized carbons (Fsp3) is 0.111. The number of fused-ring (bicyclic) bond motifs is 3. The van der Waals surface area contributed by atoms with Crippen LogP contribution in [0.2, 0.25) is 0 Å². The number of ether oxygens (including phenoxy) is 1. The first-order valence-corrected chi connectivity index (χ1v) is 7.39. The molecule has 5 heteroatoms. The van der Waals surface area contributed by atoms with Gasteiger partial charge in [0.25, 0.3) is 0 Å². The number of methoxy groups -OCH3 is 1. The summed E-state index contributed by atoms with van der Waals surface area (Å²) in [5.41, 5.74) is 4.89. The molecule has 0 radical (unpaired) electrons. The number of aromatic amines is 1. The molecule has 0 aliphatic rings. The Balaban J connectivity index is 1.92. The molecule has 0 unspecified atom stereocenters. The molecule has 0 fully saturated rings. The lowest BCUT2D eigenvalue weighted by atomic mass is 10.1. The van der Waals surface area contributed by atoms with E-state index >= 15 is 0 Å². The molecule has 2 heterocycles. The van der Waals surface area contributed by atoms with Gasteiger partial charge in [-0.1, -0.05) is 6.07 Å². The van der Waals surface area contributed by atoms with E-state index in [2.05, 4.69) is 20.5 Å². The van der Waals surface area contributed by atoms with Crippen molar-refractivity contribution in [3.05, 3.63) is 54.4 Å². The fourth-order valence-corrected chi connectivity index (χ4v) is 2.84. The third kappa shape index (κ3) is 2.36. The van der Waals surface area contributed by atoms with Crippen molar-refractivity contribution in [2.24, 2.45) is 0 Å². The topological polar surface area (TPSA) is 62.8 Å². The Labute approximate surface area is 133 Å². The Hall–Kier alpha value is -3.08. The SMILES string of the molecule is COc1cccc(Nc2cc(C)nc3ccc4[nH]ncc4c23)c1. The minimum atomic E-state index is 0.818. The molecule has 5 nitrogen and oxygen atoms in total. The molecule has 114 valence electrons. The van der Waals surface area contributed by atoms with Crippen LogP contribution in [0.5, 0.6) is 5.75 Å². The smallest absolute Gasteiger partial charge is 0.120 e. The number of nitrogens with zero attached hydrogens (tertiary/aromatic N) is 2. The van der Waals surface area contributed by atoms with E-state index in [-0.39, 0.29) is 0 Å². The largest absolute Gasteiger partial charge is 0.497 e. The Morgan fingerprint density at radius 1 is 1.13 bits per heavy atom. The monoisotopic (exact) mass is 304 g/mol. The highest BCUT2D eigenvalue weighted by Gasteiger charge is 2.10. The number of H-pyrrole nitrogens is 1. The summed E-state index contributed by atoms with van der Waals surface area (Å²) in [5.74, 6) is 0.818. The summed E-state index contributed by atoms with van der Waals surface area (Å²) in [4.78, 5) is 4.64. The van der Waals surface area contributed by atoms with Crippen LogP contribution >= 0.6 is 0 Å². The second kappa shape index (κ2) is 5.28. The molecular formula is C18H16N4O. The lowest BCUT2D eigenvalue weighted by molar-refractivity contribution is 0.415. The lowest BCUT2D eigenvalue weighted by Crippen LogP contribution is -1.95. The number of aromatic nitrogens is 3. The van der Waals surface area contributed by atoms with Gasteiger partial charge in [-0.2, -0.15) is 5.10 Å². The highest BCUT2D eigenvalue weighted by atomic mass is 16.5. The molecule has 2 aromatic heterocycles. The summed E-state index contributed by atoms with van der Waals surface area (Å²) in [6.45, 7) is 2.00. The zero-order chi connectivity index (χ0) is 15.8. The molecule has 0 atom stereocenters. The molecule has 23 heavy (non-hydrogen) atoms. The van der Waals surface area contributed by atoms with Gasteiger partial charge in [0.1, 0.15) is 5.75 Å². The second-order valence-electron chi connectivity index (χ2n) is 5.46.